The summed E-state index contributed by atoms with van der Waals surface area (Å²) in [5, 5.41) is 4.16. The molecular weight excluding hydrogens is 158 g/mol. The first-order valence-corrected chi connectivity index (χ1v) is 5.05. The molecule has 0 unspecified atom stereocenters. The van der Waals surface area contributed by atoms with Gasteiger partial charge in [-0.3, -0.25) is 4.79 Å². The molecule has 1 atom stereocenters. The van der Waals surface area contributed by atoms with Crippen molar-refractivity contribution < 1.29 is 4.79 Å². The molecular formula is C8H15NOS. The molecule has 1 aliphatic heterocycles. The van der Waals surface area contributed by atoms with Gasteiger partial charge >= 0.3 is 0 Å². The van der Waals surface area contributed by atoms with Crippen LogP contribution in [0, 0.1) is 0 Å². The Balaban J connectivity index is 2.25. The maximum atomic E-state index is 10.8. The van der Waals surface area contributed by atoms with Gasteiger partial charge in [0.25, 0.3) is 0 Å². The lowest BCUT2D eigenvalue weighted by Crippen LogP contribution is -2.14. The average molecular weight is 173 g/mol. The second-order valence-corrected chi connectivity index (χ2v) is 4.39. The zero-order valence-corrected chi connectivity index (χ0v) is 7.75. The summed E-state index contributed by atoms with van der Waals surface area (Å²) in [6.45, 7) is 3.85. The zero-order chi connectivity index (χ0) is 8.10. The molecule has 64 valence electrons. The van der Waals surface area contributed by atoms with Crippen molar-refractivity contribution in [3.8, 4) is 0 Å². The summed E-state index contributed by atoms with van der Waals surface area (Å²) in [5.74, 6) is 0. The molecule has 11 heavy (non-hydrogen) atoms. The van der Waals surface area contributed by atoms with Crippen molar-refractivity contribution in [2.24, 2.45) is 0 Å². The number of nitrogens with one attached hydrogen (secondary N) is 1. The predicted octanol–water partition coefficient (Wildman–Crippen LogP) is 1.41. The topological polar surface area (TPSA) is 29.1 Å². The van der Waals surface area contributed by atoms with Crippen molar-refractivity contribution in [1.82, 2.24) is 5.32 Å². The van der Waals surface area contributed by atoms with E-state index in [4.69, 9.17) is 0 Å². The van der Waals surface area contributed by atoms with Crippen molar-refractivity contribution in [2.45, 2.75) is 31.4 Å². The fourth-order valence-corrected chi connectivity index (χ4v) is 2.33. The van der Waals surface area contributed by atoms with Gasteiger partial charge in [-0.1, -0.05) is 11.8 Å². The molecule has 0 saturated carbocycles. The fourth-order valence-electron chi connectivity index (χ4n) is 1.34. The van der Waals surface area contributed by atoms with Crippen LogP contribution in [-0.2, 0) is 4.79 Å². The summed E-state index contributed by atoms with van der Waals surface area (Å²) in [4.78, 5) is 10.8. The molecule has 1 aliphatic rings. The van der Waals surface area contributed by atoms with E-state index in [0.717, 1.165) is 19.5 Å². The minimum absolute atomic E-state index is 0.261. The summed E-state index contributed by atoms with van der Waals surface area (Å²) in [6, 6.07) is 0. The molecule has 1 heterocycles. The maximum Gasteiger partial charge on any atom is 0.186 e. The van der Waals surface area contributed by atoms with E-state index >= 15 is 0 Å². The first-order valence-electron chi connectivity index (χ1n) is 4.17. The van der Waals surface area contributed by atoms with Gasteiger partial charge in [-0.25, -0.2) is 0 Å². The lowest BCUT2D eigenvalue weighted by molar-refractivity contribution is -0.109. The van der Waals surface area contributed by atoms with Crippen LogP contribution in [0.2, 0.25) is 0 Å². The van der Waals surface area contributed by atoms with E-state index in [9.17, 15) is 4.79 Å². The van der Waals surface area contributed by atoms with Crippen LogP contribution in [0.5, 0.6) is 0 Å². The third-order valence-corrected chi connectivity index (χ3v) is 2.99. The zero-order valence-electron chi connectivity index (χ0n) is 6.93. The summed E-state index contributed by atoms with van der Waals surface area (Å²) in [7, 11) is 0. The van der Waals surface area contributed by atoms with Gasteiger partial charge in [0.15, 0.2) is 5.12 Å². The summed E-state index contributed by atoms with van der Waals surface area (Å²) in [5.41, 5.74) is 0. The van der Waals surface area contributed by atoms with Gasteiger partial charge in [-0.2, -0.15) is 0 Å². The number of hydrogen-bond acceptors (Lipinski definition) is 3. The molecule has 0 spiro atoms. The van der Waals surface area contributed by atoms with Crippen LogP contribution in [0.25, 0.3) is 0 Å². The van der Waals surface area contributed by atoms with E-state index in [-0.39, 0.29) is 5.12 Å². The lowest BCUT2D eigenvalue weighted by Gasteiger charge is -2.09. The molecule has 0 aromatic carbocycles. The molecule has 2 nitrogen and oxygen atoms in total. The highest BCUT2D eigenvalue weighted by Crippen LogP contribution is 2.21. The highest BCUT2D eigenvalue weighted by atomic mass is 32.2. The third-order valence-electron chi connectivity index (χ3n) is 1.86. The van der Waals surface area contributed by atoms with E-state index < -0.39 is 0 Å². The van der Waals surface area contributed by atoms with Crippen LogP contribution < -0.4 is 5.32 Å². The molecule has 0 aromatic heterocycles. The van der Waals surface area contributed by atoms with E-state index in [1.807, 2.05) is 0 Å². The Morgan fingerprint density at radius 3 is 3.00 bits per heavy atom. The van der Waals surface area contributed by atoms with Crippen LogP contribution in [0.3, 0.4) is 0 Å². The number of thioether (sulfide) groups is 1. The summed E-state index contributed by atoms with van der Waals surface area (Å²) < 4.78 is 0. The lowest BCUT2D eigenvalue weighted by atomic mass is 10.2. The van der Waals surface area contributed by atoms with Crippen LogP contribution in [0.4, 0.5) is 0 Å². The SMILES string of the molecule is CC(=O)S[C@H]1CCCNCC1. The van der Waals surface area contributed by atoms with Crippen molar-refractivity contribution >= 4 is 16.9 Å². The standard InChI is InChI=1S/C8H15NOS/c1-7(10)11-8-3-2-5-9-6-4-8/h8-9H,2-6H2,1H3/t8-/m0/s1. The molecule has 1 rings (SSSR count). The molecule has 0 bridgehead atoms. The molecule has 0 aromatic rings. The average Bonchev–Trinajstić information content (AvgIpc) is 2.14. The maximum absolute atomic E-state index is 10.8. The van der Waals surface area contributed by atoms with E-state index in [1.54, 1.807) is 6.92 Å². The first kappa shape index (κ1) is 9.07. The normalized spacial score (nSPS) is 26.1. The number of carbonyl (C=O) groups excluding carboxylic acids is 1. The highest BCUT2D eigenvalue weighted by molar-refractivity contribution is 8.14. The Morgan fingerprint density at radius 1 is 1.45 bits per heavy atom. The number of hydrogen-bond donors (Lipinski definition) is 1. The second-order valence-electron chi connectivity index (χ2n) is 2.91. The fraction of sp³-hybridized carbons (Fsp3) is 0.875. The molecule has 0 radical (unpaired) electrons. The van der Waals surface area contributed by atoms with Crippen molar-refractivity contribution in [3.05, 3.63) is 0 Å². The number of carbonyl (C=O) groups is 1. The van der Waals surface area contributed by atoms with Crippen LogP contribution in [-0.4, -0.2) is 23.5 Å². The van der Waals surface area contributed by atoms with Gasteiger partial charge in [0.1, 0.15) is 0 Å². The Labute approximate surface area is 72.1 Å². The van der Waals surface area contributed by atoms with Crippen LogP contribution >= 0.6 is 11.8 Å². The third kappa shape index (κ3) is 3.77. The quantitative estimate of drug-likeness (QED) is 0.650. The van der Waals surface area contributed by atoms with Gasteiger partial charge in [-0.15, -0.1) is 0 Å². The van der Waals surface area contributed by atoms with Crippen molar-refractivity contribution in [1.29, 1.82) is 0 Å². The first-order chi connectivity index (χ1) is 5.29. The number of rotatable bonds is 1. The van der Waals surface area contributed by atoms with Gasteiger partial charge in [-0.05, 0) is 32.4 Å². The van der Waals surface area contributed by atoms with Crippen LogP contribution in [0.1, 0.15) is 26.2 Å². The highest BCUT2D eigenvalue weighted by Gasteiger charge is 2.13. The Kier molecular flexibility index (Phi) is 3.94. The Hall–Kier alpha value is -0.0200. The van der Waals surface area contributed by atoms with Gasteiger partial charge in [0.2, 0.25) is 0 Å². The molecule has 1 saturated heterocycles. The smallest absolute Gasteiger partial charge is 0.186 e. The van der Waals surface area contributed by atoms with E-state index in [2.05, 4.69) is 5.32 Å². The molecule has 1 N–H and O–H groups in total. The summed E-state index contributed by atoms with van der Waals surface area (Å²) >= 11 is 1.51. The Morgan fingerprint density at radius 2 is 2.27 bits per heavy atom. The van der Waals surface area contributed by atoms with Gasteiger partial charge in [0, 0.05) is 12.2 Å². The van der Waals surface area contributed by atoms with Gasteiger partial charge < -0.3 is 5.32 Å². The minimum Gasteiger partial charge on any atom is -0.317 e. The van der Waals surface area contributed by atoms with Crippen molar-refractivity contribution in [2.75, 3.05) is 13.1 Å². The molecule has 3 heteroatoms. The summed E-state index contributed by atoms with van der Waals surface area (Å²) in [6.07, 6.45) is 3.55. The second kappa shape index (κ2) is 4.78. The van der Waals surface area contributed by atoms with Gasteiger partial charge in [0.05, 0.1) is 0 Å². The molecule has 0 amide bonds. The molecule has 1 fully saturated rings. The largest absolute Gasteiger partial charge is 0.317 e. The van der Waals surface area contributed by atoms with Crippen LogP contribution in [0.15, 0.2) is 0 Å². The minimum atomic E-state index is 0.261. The van der Waals surface area contributed by atoms with Crippen molar-refractivity contribution in [3.63, 3.8) is 0 Å². The van der Waals surface area contributed by atoms with E-state index in [1.165, 1.54) is 24.6 Å². The monoisotopic (exact) mass is 173 g/mol. The molecule has 0 aliphatic carbocycles. The Bertz CT molecular complexity index is 130. The predicted molar refractivity (Wildman–Crippen MR) is 48.8 cm³/mol. The van der Waals surface area contributed by atoms with E-state index in [0.29, 0.717) is 5.25 Å².